The van der Waals surface area contributed by atoms with Gasteiger partial charge in [0, 0.05) is 6.54 Å². The molecule has 0 saturated carbocycles. The van der Waals surface area contributed by atoms with Gasteiger partial charge in [0.1, 0.15) is 0 Å². The molecule has 0 aliphatic rings. The number of aliphatic hydroxyl groups is 1. The largest absolute Gasteiger partial charge is 0.416 e. The fourth-order valence-corrected chi connectivity index (χ4v) is 2.96. The topological polar surface area (TPSA) is 66.4 Å². The minimum Gasteiger partial charge on any atom is -0.393 e. The number of hydrogen-bond acceptors (Lipinski definition) is 3. The molecule has 0 aliphatic carbocycles. The molecule has 8 heteroatoms. The number of aliphatic hydroxyl groups excluding tert-OH is 1. The van der Waals surface area contributed by atoms with Crippen LogP contribution in [0.3, 0.4) is 0 Å². The number of benzene rings is 1. The molecule has 0 bridgehead atoms. The van der Waals surface area contributed by atoms with Crippen molar-refractivity contribution in [3.63, 3.8) is 0 Å². The van der Waals surface area contributed by atoms with E-state index < -0.39 is 33.6 Å². The first kappa shape index (κ1) is 17.9. The highest BCUT2D eigenvalue weighted by Gasteiger charge is 2.33. The van der Waals surface area contributed by atoms with Crippen molar-refractivity contribution in [3.8, 4) is 0 Å². The van der Waals surface area contributed by atoms with Crippen LogP contribution in [0.4, 0.5) is 13.2 Å². The molecule has 0 saturated heterocycles. The summed E-state index contributed by atoms with van der Waals surface area (Å²) < 4.78 is 64.1. The van der Waals surface area contributed by atoms with E-state index in [1.54, 1.807) is 6.92 Å². The van der Waals surface area contributed by atoms with Crippen molar-refractivity contribution >= 4 is 10.0 Å². The second-order valence-electron chi connectivity index (χ2n) is 4.66. The molecule has 1 aromatic rings. The zero-order chi connectivity index (χ0) is 16.1. The molecule has 120 valence electrons. The Morgan fingerprint density at radius 2 is 1.90 bits per heavy atom. The standard InChI is InChI=1S/C13H18F3NO3S/c1-2-11(18)7-8-17-21(19,20)9-10-5-3-4-6-12(10)13(14,15)16/h3-6,11,17-18H,2,7-9H2,1H3. The molecule has 0 heterocycles. The van der Waals surface area contributed by atoms with E-state index in [-0.39, 0.29) is 18.5 Å². The Labute approximate surface area is 122 Å². The first-order chi connectivity index (χ1) is 9.65. The average Bonchev–Trinajstić information content (AvgIpc) is 2.37. The summed E-state index contributed by atoms with van der Waals surface area (Å²) in [4.78, 5) is 0. The number of nitrogens with one attached hydrogen (secondary N) is 1. The van der Waals surface area contributed by atoms with Gasteiger partial charge in [-0.1, -0.05) is 25.1 Å². The van der Waals surface area contributed by atoms with Crippen molar-refractivity contribution in [2.75, 3.05) is 6.54 Å². The number of halogens is 3. The first-order valence-corrected chi connectivity index (χ1v) is 8.11. The van der Waals surface area contributed by atoms with Gasteiger partial charge in [-0.3, -0.25) is 0 Å². The van der Waals surface area contributed by atoms with E-state index in [4.69, 9.17) is 0 Å². The van der Waals surface area contributed by atoms with Crippen molar-refractivity contribution in [3.05, 3.63) is 35.4 Å². The van der Waals surface area contributed by atoms with Gasteiger partial charge in [-0.05, 0) is 24.5 Å². The summed E-state index contributed by atoms with van der Waals surface area (Å²) in [6.45, 7) is 1.74. The molecule has 0 spiro atoms. The van der Waals surface area contributed by atoms with Gasteiger partial charge in [0.15, 0.2) is 0 Å². The molecule has 1 atom stereocenters. The second-order valence-corrected chi connectivity index (χ2v) is 6.47. The number of sulfonamides is 1. The van der Waals surface area contributed by atoms with E-state index in [1.807, 2.05) is 0 Å². The van der Waals surface area contributed by atoms with E-state index in [1.165, 1.54) is 12.1 Å². The van der Waals surface area contributed by atoms with Gasteiger partial charge in [0.25, 0.3) is 0 Å². The molecule has 1 rings (SSSR count). The third-order valence-corrected chi connectivity index (χ3v) is 4.27. The van der Waals surface area contributed by atoms with Crippen LogP contribution in [0, 0.1) is 0 Å². The molecule has 0 radical (unpaired) electrons. The summed E-state index contributed by atoms with van der Waals surface area (Å²) >= 11 is 0. The highest BCUT2D eigenvalue weighted by atomic mass is 32.2. The molecule has 1 aromatic carbocycles. The highest BCUT2D eigenvalue weighted by Crippen LogP contribution is 2.32. The normalized spacial score (nSPS) is 14.1. The minimum atomic E-state index is -4.59. The highest BCUT2D eigenvalue weighted by molar-refractivity contribution is 7.88. The molecule has 0 aromatic heterocycles. The average molecular weight is 325 g/mol. The Morgan fingerprint density at radius 3 is 2.48 bits per heavy atom. The van der Waals surface area contributed by atoms with Crippen LogP contribution in [0.15, 0.2) is 24.3 Å². The van der Waals surface area contributed by atoms with Crippen LogP contribution < -0.4 is 4.72 Å². The Hall–Kier alpha value is -1.12. The lowest BCUT2D eigenvalue weighted by atomic mass is 10.1. The van der Waals surface area contributed by atoms with Gasteiger partial charge < -0.3 is 5.11 Å². The van der Waals surface area contributed by atoms with E-state index in [9.17, 15) is 26.7 Å². The van der Waals surface area contributed by atoms with Crippen LogP contribution in [0.2, 0.25) is 0 Å². The molecule has 21 heavy (non-hydrogen) atoms. The van der Waals surface area contributed by atoms with Crippen LogP contribution in [0.25, 0.3) is 0 Å². The molecule has 0 aliphatic heterocycles. The molecule has 0 fully saturated rings. The molecular formula is C13H18F3NO3S. The monoisotopic (exact) mass is 325 g/mol. The predicted octanol–water partition coefficient (Wildman–Crippen LogP) is 2.29. The lowest BCUT2D eigenvalue weighted by Crippen LogP contribution is -2.29. The molecule has 0 amide bonds. The maximum atomic E-state index is 12.8. The summed E-state index contributed by atoms with van der Waals surface area (Å²) in [5, 5.41) is 9.31. The van der Waals surface area contributed by atoms with Gasteiger partial charge in [0.05, 0.1) is 17.4 Å². The van der Waals surface area contributed by atoms with Crippen LogP contribution in [0.5, 0.6) is 0 Å². The molecule has 2 N–H and O–H groups in total. The summed E-state index contributed by atoms with van der Waals surface area (Å²) in [6.07, 6.45) is -4.52. The lowest BCUT2D eigenvalue weighted by Gasteiger charge is -2.14. The van der Waals surface area contributed by atoms with E-state index in [2.05, 4.69) is 4.72 Å². The van der Waals surface area contributed by atoms with Crippen LogP contribution >= 0.6 is 0 Å². The lowest BCUT2D eigenvalue weighted by molar-refractivity contribution is -0.138. The van der Waals surface area contributed by atoms with Crippen molar-refractivity contribution < 1.29 is 26.7 Å². The maximum absolute atomic E-state index is 12.8. The van der Waals surface area contributed by atoms with Gasteiger partial charge in [0.2, 0.25) is 10.0 Å². The van der Waals surface area contributed by atoms with Crippen molar-refractivity contribution in [2.24, 2.45) is 0 Å². The predicted molar refractivity (Wildman–Crippen MR) is 73.0 cm³/mol. The van der Waals surface area contributed by atoms with Crippen LogP contribution in [-0.4, -0.2) is 26.2 Å². The smallest absolute Gasteiger partial charge is 0.393 e. The van der Waals surface area contributed by atoms with Crippen molar-refractivity contribution in [2.45, 2.75) is 37.8 Å². The molecule has 1 unspecified atom stereocenters. The third-order valence-electron chi connectivity index (χ3n) is 2.94. The van der Waals surface area contributed by atoms with Gasteiger partial charge in [-0.15, -0.1) is 0 Å². The van der Waals surface area contributed by atoms with E-state index in [0.29, 0.717) is 6.42 Å². The SMILES string of the molecule is CCC(O)CCNS(=O)(=O)Cc1ccccc1C(F)(F)F. The Morgan fingerprint density at radius 1 is 1.29 bits per heavy atom. The fraction of sp³-hybridized carbons (Fsp3) is 0.538. The maximum Gasteiger partial charge on any atom is 0.416 e. The zero-order valence-electron chi connectivity index (χ0n) is 11.5. The van der Waals surface area contributed by atoms with Gasteiger partial charge in [-0.2, -0.15) is 13.2 Å². The summed E-state index contributed by atoms with van der Waals surface area (Å²) in [5.74, 6) is -0.745. The van der Waals surface area contributed by atoms with Crippen LogP contribution in [0.1, 0.15) is 30.9 Å². The Balaban J connectivity index is 2.76. The van der Waals surface area contributed by atoms with E-state index >= 15 is 0 Å². The van der Waals surface area contributed by atoms with Gasteiger partial charge >= 0.3 is 6.18 Å². The Bertz CT molecular complexity index is 558. The molecule has 4 nitrogen and oxygen atoms in total. The fourth-order valence-electron chi connectivity index (χ4n) is 1.76. The first-order valence-electron chi connectivity index (χ1n) is 6.46. The number of hydrogen-bond donors (Lipinski definition) is 2. The third kappa shape index (κ3) is 6.03. The summed E-state index contributed by atoms with van der Waals surface area (Å²) in [5.41, 5.74) is -1.25. The van der Waals surface area contributed by atoms with Crippen molar-refractivity contribution in [1.82, 2.24) is 4.72 Å². The Kier molecular flexibility index (Phi) is 6.18. The van der Waals surface area contributed by atoms with Gasteiger partial charge in [-0.25, -0.2) is 13.1 Å². The number of alkyl halides is 3. The van der Waals surface area contributed by atoms with Crippen LogP contribution in [-0.2, 0) is 22.0 Å². The second kappa shape index (κ2) is 7.24. The zero-order valence-corrected chi connectivity index (χ0v) is 12.3. The summed E-state index contributed by atoms with van der Waals surface area (Å²) in [6, 6.07) is 4.57. The summed E-state index contributed by atoms with van der Waals surface area (Å²) in [7, 11) is -3.88. The molecular weight excluding hydrogens is 307 g/mol. The van der Waals surface area contributed by atoms with E-state index in [0.717, 1.165) is 12.1 Å². The minimum absolute atomic E-state index is 0.00841. The van der Waals surface area contributed by atoms with Crippen molar-refractivity contribution in [1.29, 1.82) is 0 Å². The number of rotatable bonds is 7. The quantitative estimate of drug-likeness (QED) is 0.808.